The third-order valence-corrected chi connectivity index (χ3v) is 22.1. The van der Waals surface area contributed by atoms with Gasteiger partial charge in [0.25, 0.3) is 0 Å². The predicted molar refractivity (Wildman–Crippen MR) is 450 cm³/mol. The Morgan fingerprint density at radius 2 is 0.255 bits per heavy atom. The summed E-state index contributed by atoms with van der Waals surface area (Å²) in [6.45, 7) is 13.9. The molecule has 0 aliphatic heterocycles. The molecule has 3 aromatic heterocycles. The second-order valence-corrected chi connectivity index (χ2v) is 31.4. The first-order chi connectivity index (χ1) is 50.4. The Morgan fingerprint density at radius 1 is 0.137 bits per heavy atom. The molecule has 0 amide bonds. The summed E-state index contributed by atoms with van der Waals surface area (Å²) in [5, 5.41) is 0. The number of pyridine rings is 3. The molecule has 558 valence electrons. The maximum absolute atomic E-state index is 5.37. The van der Waals surface area contributed by atoms with Crippen LogP contribution in [0.4, 0.5) is 0 Å². The summed E-state index contributed by atoms with van der Waals surface area (Å²) in [7, 11) is 0. The van der Waals surface area contributed by atoms with Gasteiger partial charge in [-0.1, -0.05) is 384 Å². The van der Waals surface area contributed by atoms with E-state index in [0.717, 1.165) is 38.5 Å². The minimum absolute atomic E-state index is 1.07. The largest absolute Gasteiger partial charge is 0.258 e. The molecule has 0 radical (unpaired) electrons. The molecule has 4 aromatic carbocycles. The van der Waals surface area contributed by atoms with Crippen molar-refractivity contribution in [2.24, 2.45) is 0 Å². The maximum Gasteiger partial charge on any atom is 0.0413 e. The summed E-state index contributed by atoms with van der Waals surface area (Å²) in [5.41, 5.74) is 23.0. The van der Waals surface area contributed by atoms with E-state index in [9.17, 15) is 0 Å². The standard InChI is InChI=1S/C99H147N3/c1-7-13-19-25-31-37-43-49-55-94-76-91(77-95(100-94)56-50-44-38-32-26-20-14-8-2)85-67-61-82(62-68-85)88-73-89(83-63-69-86(70-64-83)92-78-96(57-51-45-39-33-27-21-15-9-3)101-97(79-92)58-52-46-40-34-28-22-16-10-4)75-90(74-88)84-65-71-87(72-66-84)93-80-98(59-53-47-41-35-29-23-17-11-5)102-99(81-93)60-54-48-42-36-30-24-18-12-6/h61-81H,7-60H2,1-6H3. The van der Waals surface area contributed by atoms with Crippen LogP contribution in [-0.2, 0) is 38.5 Å². The fourth-order valence-electron chi connectivity index (χ4n) is 15.6. The van der Waals surface area contributed by atoms with Gasteiger partial charge in [-0.3, -0.25) is 15.0 Å². The van der Waals surface area contributed by atoms with Crippen LogP contribution in [-0.4, -0.2) is 15.0 Å². The quantitative estimate of drug-likeness (QED) is 0.0357. The van der Waals surface area contributed by atoms with Gasteiger partial charge in [-0.25, -0.2) is 0 Å². The molecule has 0 atom stereocenters. The molecule has 0 saturated heterocycles. The van der Waals surface area contributed by atoms with Crippen molar-refractivity contribution in [1.82, 2.24) is 15.0 Å². The molecule has 7 rings (SSSR count). The predicted octanol–water partition coefficient (Wildman–Crippen LogP) is 32.0. The van der Waals surface area contributed by atoms with Gasteiger partial charge in [-0.05, 0) is 198 Å². The van der Waals surface area contributed by atoms with E-state index in [1.807, 2.05) is 0 Å². The molecule has 7 aromatic rings. The van der Waals surface area contributed by atoms with Crippen molar-refractivity contribution in [3.63, 3.8) is 0 Å². The second-order valence-electron chi connectivity index (χ2n) is 31.4. The molecule has 0 aliphatic rings. The van der Waals surface area contributed by atoms with Crippen molar-refractivity contribution in [2.75, 3.05) is 0 Å². The number of hydrogen-bond acceptors (Lipinski definition) is 3. The molecule has 0 saturated carbocycles. The van der Waals surface area contributed by atoms with Gasteiger partial charge in [0.2, 0.25) is 0 Å². The van der Waals surface area contributed by atoms with Crippen molar-refractivity contribution in [2.45, 2.75) is 388 Å². The first kappa shape index (κ1) is 83.6. The molecule has 3 nitrogen and oxygen atoms in total. The van der Waals surface area contributed by atoms with Crippen LogP contribution < -0.4 is 0 Å². The fraction of sp³-hybridized carbons (Fsp3) is 0.606. The number of hydrogen-bond donors (Lipinski definition) is 0. The molecule has 0 N–H and O–H groups in total. The van der Waals surface area contributed by atoms with E-state index in [1.165, 1.54) is 409 Å². The first-order valence-corrected chi connectivity index (χ1v) is 43.9. The zero-order valence-electron chi connectivity index (χ0n) is 66.6. The third-order valence-electron chi connectivity index (χ3n) is 22.1. The number of nitrogens with zero attached hydrogens (tertiary/aromatic N) is 3. The van der Waals surface area contributed by atoms with Gasteiger partial charge in [0.1, 0.15) is 0 Å². The van der Waals surface area contributed by atoms with Gasteiger partial charge < -0.3 is 0 Å². The van der Waals surface area contributed by atoms with Crippen LogP contribution in [0.5, 0.6) is 0 Å². The maximum atomic E-state index is 5.37. The number of unbranched alkanes of at least 4 members (excludes halogenated alkanes) is 42. The fourth-order valence-corrected chi connectivity index (χ4v) is 15.6. The Hall–Kier alpha value is -5.67. The van der Waals surface area contributed by atoms with Gasteiger partial charge in [0, 0.05) is 34.2 Å². The van der Waals surface area contributed by atoms with Crippen LogP contribution in [0.3, 0.4) is 0 Å². The van der Waals surface area contributed by atoms with Gasteiger partial charge in [0.05, 0.1) is 0 Å². The smallest absolute Gasteiger partial charge is 0.0413 e. The summed E-state index contributed by atoms with van der Waals surface area (Å²) in [6, 6.07) is 50.6. The van der Waals surface area contributed by atoms with Gasteiger partial charge >= 0.3 is 0 Å². The molecule has 0 aliphatic carbocycles. The Kier molecular flexibility index (Phi) is 43.6. The zero-order valence-corrected chi connectivity index (χ0v) is 66.6. The van der Waals surface area contributed by atoms with E-state index in [1.54, 1.807) is 0 Å². The van der Waals surface area contributed by atoms with Crippen LogP contribution in [0.15, 0.2) is 127 Å². The average molecular weight is 1380 g/mol. The van der Waals surface area contributed by atoms with Crippen LogP contribution in [0.1, 0.15) is 384 Å². The Morgan fingerprint density at radius 3 is 0.392 bits per heavy atom. The van der Waals surface area contributed by atoms with Gasteiger partial charge in [-0.15, -0.1) is 0 Å². The highest BCUT2D eigenvalue weighted by Crippen LogP contribution is 2.37. The van der Waals surface area contributed by atoms with Gasteiger partial charge in [0.15, 0.2) is 0 Å². The molecule has 102 heavy (non-hydrogen) atoms. The highest BCUT2D eigenvalue weighted by Gasteiger charge is 2.15. The van der Waals surface area contributed by atoms with Crippen LogP contribution in [0.25, 0.3) is 66.8 Å². The highest BCUT2D eigenvalue weighted by atomic mass is 14.7. The lowest BCUT2D eigenvalue weighted by Gasteiger charge is -2.14. The van der Waals surface area contributed by atoms with Crippen LogP contribution in [0.2, 0.25) is 0 Å². The van der Waals surface area contributed by atoms with E-state index < -0.39 is 0 Å². The monoisotopic (exact) mass is 1380 g/mol. The first-order valence-electron chi connectivity index (χ1n) is 43.9. The molecular formula is C99H147N3. The minimum Gasteiger partial charge on any atom is -0.258 e. The summed E-state index contributed by atoms with van der Waals surface area (Å²) >= 11 is 0. The van der Waals surface area contributed by atoms with Crippen molar-refractivity contribution in [3.8, 4) is 66.8 Å². The lowest BCUT2D eigenvalue weighted by atomic mass is 9.91. The topological polar surface area (TPSA) is 38.7 Å². The molecule has 3 heterocycles. The van der Waals surface area contributed by atoms with Crippen molar-refractivity contribution in [3.05, 3.63) is 162 Å². The van der Waals surface area contributed by atoms with Crippen molar-refractivity contribution in [1.29, 1.82) is 0 Å². The van der Waals surface area contributed by atoms with E-state index in [2.05, 4.69) is 169 Å². The summed E-state index contributed by atoms with van der Waals surface area (Å²) in [4.78, 5) is 16.1. The zero-order chi connectivity index (χ0) is 71.5. The molecule has 0 unspecified atom stereocenters. The van der Waals surface area contributed by atoms with Crippen LogP contribution in [0, 0.1) is 0 Å². The Balaban J connectivity index is 1.18. The summed E-state index contributed by atoms with van der Waals surface area (Å²) in [6.07, 6.45) is 70.5. The van der Waals surface area contributed by atoms with E-state index >= 15 is 0 Å². The van der Waals surface area contributed by atoms with Crippen LogP contribution >= 0.6 is 0 Å². The number of rotatable bonds is 60. The minimum atomic E-state index is 1.07. The highest BCUT2D eigenvalue weighted by molar-refractivity contribution is 5.83. The lowest BCUT2D eigenvalue weighted by Crippen LogP contribution is -1.99. The lowest BCUT2D eigenvalue weighted by molar-refractivity contribution is 0.570. The van der Waals surface area contributed by atoms with Gasteiger partial charge in [-0.2, -0.15) is 0 Å². The molecule has 0 fully saturated rings. The molecule has 0 bridgehead atoms. The average Bonchev–Trinajstić information content (AvgIpc) is 0.795. The summed E-state index contributed by atoms with van der Waals surface area (Å²) < 4.78 is 0. The number of aryl methyl sites for hydroxylation is 6. The molecule has 3 heteroatoms. The summed E-state index contributed by atoms with van der Waals surface area (Å²) in [5.74, 6) is 0. The number of benzene rings is 4. The Labute approximate surface area is 627 Å². The SMILES string of the molecule is CCCCCCCCCCc1cc(-c2ccc(-c3cc(-c4ccc(-c5cc(CCCCCCCCCC)nc(CCCCCCCCCC)c5)cc4)cc(-c4ccc(-c5cc(CCCCCCCCCC)nc(CCCCCCCCCC)c5)cc4)c3)cc2)cc(CCCCCCCCCC)n1. The third kappa shape index (κ3) is 33.6. The molecular weight excluding hydrogens is 1230 g/mol. The van der Waals surface area contributed by atoms with Crippen molar-refractivity contribution < 1.29 is 0 Å². The normalized spacial score (nSPS) is 11.6. The number of aromatic nitrogens is 3. The second kappa shape index (κ2) is 53.2. The Bertz CT molecular complexity index is 2770. The van der Waals surface area contributed by atoms with E-state index in [-0.39, 0.29) is 0 Å². The van der Waals surface area contributed by atoms with Crippen molar-refractivity contribution >= 4 is 0 Å². The van der Waals surface area contributed by atoms with E-state index in [0.29, 0.717) is 0 Å². The van der Waals surface area contributed by atoms with E-state index in [4.69, 9.17) is 15.0 Å². The molecule has 0 spiro atoms.